The third-order valence-electron chi connectivity index (χ3n) is 3.54. The van der Waals surface area contributed by atoms with Crippen LogP contribution in [0.2, 0.25) is 0 Å². The number of aliphatic hydroxyl groups is 1. The van der Waals surface area contributed by atoms with Crippen molar-refractivity contribution < 1.29 is 9.50 Å². The van der Waals surface area contributed by atoms with Gasteiger partial charge in [-0.3, -0.25) is 0 Å². The van der Waals surface area contributed by atoms with E-state index in [1.165, 1.54) is 6.07 Å². The molecule has 1 saturated carbocycles. The van der Waals surface area contributed by atoms with E-state index in [9.17, 15) is 9.50 Å². The van der Waals surface area contributed by atoms with E-state index in [1.807, 2.05) is 13.0 Å². The fourth-order valence-electron chi connectivity index (χ4n) is 2.50. The van der Waals surface area contributed by atoms with Gasteiger partial charge in [0.1, 0.15) is 5.82 Å². The molecule has 1 aliphatic carbocycles. The molecule has 0 spiro atoms. The highest BCUT2D eigenvalue weighted by molar-refractivity contribution is 5.19. The Kier molecular flexibility index (Phi) is 4.13. The van der Waals surface area contributed by atoms with Crippen LogP contribution in [-0.4, -0.2) is 17.3 Å². The Morgan fingerprint density at radius 3 is 2.82 bits per heavy atom. The molecule has 2 unspecified atom stereocenters. The monoisotopic (exact) mass is 237 g/mol. The van der Waals surface area contributed by atoms with Crippen LogP contribution in [0, 0.1) is 5.82 Å². The average Bonchev–Trinajstić information content (AvgIpc) is 2.32. The van der Waals surface area contributed by atoms with Gasteiger partial charge in [0.15, 0.2) is 0 Å². The summed E-state index contributed by atoms with van der Waals surface area (Å²) in [5.41, 5.74) is 0.933. The minimum atomic E-state index is -0.264. The number of benzene rings is 1. The van der Waals surface area contributed by atoms with Crippen molar-refractivity contribution in [3.05, 3.63) is 35.6 Å². The largest absolute Gasteiger partial charge is 0.392 e. The molecule has 0 aliphatic heterocycles. The zero-order valence-corrected chi connectivity index (χ0v) is 10.2. The van der Waals surface area contributed by atoms with Crippen molar-refractivity contribution in [1.82, 2.24) is 5.32 Å². The number of hydrogen-bond acceptors (Lipinski definition) is 2. The topological polar surface area (TPSA) is 32.3 Å². The zero-order chi connectivity index (χ0) is 12.3. The van der Waals surface area contributed by atoms with Crippen molar-refractivity contribution >= 4 is 0 Å². The van der Waals surface area contributed by atoms with Gasteiger partial charge in [-0.25, -0.2) is 4.39 Å². The van der Waals surface area contributed by atoms with Crippen molar-refractivity contribution in [3.8, 4) is 0 Å². The Morgan fingerprint density at radius 1 is 1.35 bits per heavy atom. The SMILES string of the molecule is C[C@H](NC1CCCCC1O)c1cccc(F)c1. The second-order valence-corrected chi connectivity index (χ2v) is 4.90. The molecule has 1 aliphatic rings. The first-order valence-electron chi connectivity index (χ1n) is 6.36. The van der Waals surface area contributed by atoms with Crippen LogP contribution in [0.5, 0.6) is 0 Å². The molecular weight excluding hydrogens is 217 g/mol. The minimum absolute atomic E-state index is 0.0726. The lowest BCUT2D eigenvalue weighted by Gasteiger charge is -2.31. The van der Waals surface area contributed by atoms with Gasteiger partial charge in [-0.1, -0.05) is 25.0 Å². The van der Waals surface area contributed by atoms with Crippen LogP contribution in [0.3, 0.4) is 0 Å². The van der Waals surface area contributed by atoms with Gasteiger partial charge >= 0.3 is 0 Å². The predicted octanol–water partition coefficient (Wildman–Crippen LogP) is 2.78. The summed E-state index contributed by atoms with van der Waals surface area (Å²) in [6.45, 7) is 2.01. The lowest BCUT2D eigenvalue weighted by molar-refractivity contribution is 0.0859. The number of rotatable bonds is 3. The lowest BCUT2D eigenvalue weighted by atomic mass is 9.91. The second kappa shape index (κ2) is 5.61. The summed E-state index contributed by atoms with van der Waals surface area (Å²) in [6, 6.07) is 6.85. The number of halogens is 1. The van der Waals surface area contributed by atoms with Gasteiger partial charge in [0.05, 0.1) is 6.10 Å². The van der Waals surface area contributed by atoms with Crippen LogP contribution < -0.4 is 5.32 Å². The minimum Gasteiger partial charge on any atom is -0.392 e. The molecule has 1 aromatic rings. The molecule has 1 fully saturated rings. The van der Waals surface area contributed by atoms with Gasteiger partial charge in [-0.05, 0) is 37.5 Å². The normalized spacial score (nSPS) is 26.8. The van der Waals surface area contributed by atoms with Gasteiger partial charge in [-0.2, -0.15) is 0 Å². The highest BCUT2D eigenvalue weighted by Crippen LogP contribution is 2.22. The number of aliphatic hydroxyl groups excluding tert-OH is 1. The molecule has 0 heterocycles. The third kappa shape index (κ3) is 3.27. The average molecular weight is 237 g/mol. The molecule has 2 nitrogen and oxygen atoms in total. The summed E-state index contributed by atoms with van der Waals surface area (Å²) >= 11 is 0. The van der Waals surface area contributed by atoms with Crippen LogP contribution in [0.4, 0.5) is 4.39 Å². The molecule has 0 aromatic heterocycles. The van der Waals surface area contributed by atoms with Crippen LogP contribution in [0.15, 0.2) is 24.3 Å². The molecule has 3 heteroatoms. The standard InChI is InChI=1S/C14H20FNO/c1-10(11-5-4-6-12(15)9-11)16-13-7-2-3-8-14(13)17/h4-6,9-10,13-14,16-17H,2-3,7-8H2,1H3/t10-,13?,14?/m0/s1. The molecule has 0 bridgehead atoms. The molecular formula is C14H20FNO. The lowest BCUT2D eigenvalue weighted by Crippen LogP contribution is -2.43. The summed E-state index contributed by atoms with van der Waals surface area (Å²) in [7, 11) is 0. The highest BCUT2D eigenvalue weighted by atomic mass is 19.1. The van der Waals surface area contributed by atoms with E-state index in [0.29, 0.717) is 0 Å². The molecule has 94 valence electrons. The summed E-state index contributed by atoms with van der Waals surface area (Å²) < 4.78 is 13.1. The second-order valence-electron chi connectivity index (χ2n) is 4.90. The molecule has 0 radical (unpaired) electrons. The van der Waals surface area contributed by atoms with Gasteiger partial charge in [0.2, 0.25) is 0 Å². The smallest absolute Gasteiger partial charge is 0.123 e. The van der Waals surface area contributed by atoms with Crippen LogP contribution in [-0.2, 0) is 0 Å². The van der Waals surface area contributed by atoms with E-state index < -0.39 is 0 Å². The predicted molar refractivity (Wildman–Crippen MR) is 66.2 cm³/mol. The molecule has 2 N–H and O–H groups in total. The summed E-state index contributed by atoms with van der Waals surface area (Å²) in [6.07, 6.45) is 3.87. The maximum absolute atomic E-state index is 13.1. The first-order chi connectivity index (χ1) is 8.16. The van der Waals surface area contributed by atoms with E-state index in [0.717, 1.165) is 31.2 Å². The van der Waals surface area contributed by atoms with Crippen LogP contribution in [0.25, 0.3) is 0 Å². The Labute approximate surface area is 102 Å². The molecule has 1 aromatic carbocycles. The Morgan fingerprint density at radius 2 is 2.12 bits per heavy atom. The first kappa shape index (κ1) is 12.5. The number of hydrogen-bond donors (Lipinski definition) is 2. The van der Waals surface area contributed by atoms with Gasteiger partial charge in [-0.15, -0.1) is 0 Å². The van der Waals surface area contributed by atoms with Crippen molar-refractivity contribution in [3.63, 3.8) is 0 Å². The van der Waals surface area contributed by atoms with Crippen LogP contribution >= 0.6 is 0 Å². The van der Waals surface area contributed by atoms with Gasteiger partial charge in [0, 0.05) is 12.1 Å². The van der Waals surface area contributed by atoms with Crippen LogP contribution in [0.1, 0.15) is 44.2 Å². The van der Waals surface area contributed by atoms with E-state index >= 15 is 0 Å². The quantitative estimate of drug-likeness (QED) is 0.847. The zero-order valence-electron chi connectivity index (χ0n) is 10.2. The number of nitrogens with one attached hydrogen (secondary N) is 1. The fourth-order valence-corrected chi connectivity index (χ4v) is 2.50. The molecule has 0 saturated heterocycles. The summed E-state index contributed by atoms with van der Waals surface area (Å²) in [5.74, 6) is -0.208. The van der Waals surface area contributed by atoms with Crippen molar-refractivity contribution in [1.29, 1.82) is 0 Å². The van der Waals surface area contributed by atoms with Crippen molar-refractivity contribution in [2.75, 3.05) is 0 Å². The van der Waals surface area contributed by atoms with E-state index in [4.69, 9.17) is 0 Å². The van der Waals surface area contributed by atoms with Crippen molar-refractivity contribution in [2.24, 2.45) is 0 Å². The van der Waals surface area contributed by atoms with Crippen molar-refractivity contribution in [2.45, 2.75) is 50.8 Å². The van der Waals surface area contributed by atoms with E-state index in [1.54, 1.807) is 12.1 Å². The molecule has 17 heavy (non-hydrogen) atoms. The summed E-state index contributed by atoms with van der Waals surface area (Å²) in [5, 5.41) is 13.3. The molecule has 3 atom stereocenters. The molecule has 2 rings (SSSR count). The first-order valence-corrected chi connectivity index (χ1v) is 6.36. The Hall–Kier alpha value is -0.930. The Bertz CT molecular complexity index is 369. The molecule has 0 amide bonds. The van der Waals surface area contributed by atoms with E-state index in [2.05, 4.69) is 5.32 Å². The fraction of sp³-hybridized carbons (Fsp3) is 0.571. The third-order valence-corrected chi connectivity index (χ3v) is 3.54. The maximum Gasteiger partial charge on any atom is 0.123 e. The summed E-state index contributed by atoms with van der Waals surface area (Å²) in [4.78, 5) is 0. The maximum atomic E-state index is 13.1. The van der Waals surface area contributed by atoms with E-state index in [-0.39, 0.29) is 24.0 Å². The van der Waals surface area contributed by atoms with Gasteiger partial charge in [0.25, 0.3) is 0 Å². The highest BCUT2D eigenvalue weighted by Gasteiger charge is 2.24. The Balaban J connectivity index is 1.98. The van der Waals surface area contributed by atoms with Gasteiger partial charge < -0.3 is 10.4 Å².